The van der Waals surface area contributed by atoms with Gasteiger partial charge in [-0.2, -0.15) is 9.78 Å². The van der Waals surface area contributed by atoms with Gasteiger partial charge in [0.05, 0.1) is 5.69 Å². The summed E-state index contributed by atoms with van der Waals surface area (Å²) in [6, 6.07) is 6.63. The second-order valence-corrected chi connectivity index (χ2v) is 4.00. The first-order valence-corrected chi connectivity index (χ1v) is 5.41. The molecule has 0 spiro atoms. The van der Waals surface area contributed by atoms with Crippen molar-refractivity contribution in [2.45, 2.75) is 6.92 Å². The Bertz CT molecular complexity index is 633. The average molecular weight is 245 g/mol. The molecule has 0 saturated heterocycles. The minimum Gasteiger partial charge on any atom is -0.454 e. The molecule has 18 heavy (non-hydrogen) atoms. The van der Waals surface area contributed by atoms with Crippen LogP contribution in [0.3, 0.4) is 0 Å². The van der Waals surface area contributed by atoms with Crippen molar-refractivity contribution in [3.63, 3.8) is 0 Å². The monoisotopic (exact) mass is 245 g/mol. The molecule has 0 saturated carbocycles. The number of nitrogens with two attached hydrogens (primary N) is 1. The summed E-state index contributed by atoms with van der Waals surface area (Å²) >= 11 is 0. The number of nitrogens with zero attached hydrogens (tertiary/aromatic N) is 2. The van der Waals surface area contributed by atoms with Crippen molar-refractivity contribution in [3.05, 3.63) is 35.5 Å². The fourth-order valence-corrected chi connectivity index (χ4v) is 1.83. The van der Waals surface area contributed by atoms with Gasteiger partial charge in [0.25, 0.3) is 5.91 Å². The summed E-state index contributed by atoms with van der Waals surface area (Å²) in [7, 11) is 0. The number of benzene rings is 1. The summed E-state index contributed by atoms with van der Waals surface area (Å²) in [4.78, 5) is 12.2. The molecule has 1 aliphatic heterocycles. The van der Waals surface area contributed by atoms with Crippen LogP contribution in [0.5, 0.6) is 11.5 Å². The van der Waals surface area contributed by atoms with Crippen LogP contribution >= 0.6 is 0 Å². The van der Waals surface area contributed by atoms with E-state index in [9.17, 15) is 4.79 Å². The van der Waals surface area contributed by atoms with Crippen molar-refractivity contribution in [3.8, 4) is 11.5 Å². The van der Waals surface area contributed by atoms with Crippen LogP contribution in [0.25, 0.3) is 0 Å². The molecule has 1 aromatic carbocycles. The highest BCUT2D eigenvalue weighted by molar-refractivity contribution is 5.97. The zero-order valence-corrected chi connectivity index (χ0v) is 9.71. The van der Waals surface area contributed by atoms with Gasteiger partial charge in [0.15, 0.2) is 11.5 Å². The number of aryl methyl sites for hydroxylation is 1. The number of carbonyl (C=O) groups is 1. The van der Waals surface area contributed by atoms with E-state index in [0.717, 1.165) is 0 Å². The third-order valence-corrected chi connectivity index (χ3v) is 2.67. The number of nitrogen functional groups attached to an aromatic ring is 1. The summed E-state index contributed by atoms with van der Waals surface area (Å²) in [5, 5.41) is 4.05. The number of hydrogen-bond acceptors (Lipinski definition) is 5. The lowest BCUT2D eigenvalue weighted by atomic mass is 10.2. The van der Waals surface area contributed by atoms with Crippen LogP contribution in [-0.2, 0) is 0 Å². The lowest BCUT2D eigenvalue weighted by molar-refractivity contribution is 0.0947. The number of fused-ring (bicyclic) bond motifs is 1. The van der Waals surface area contributed by atoms with Crippen molar-refractivity contribution in [2.75, 3.05) is 12.5 Å². The molecule has 2 N–H and O–H groups in total. The molecular weight excluding hydrogens is 234 g/mol. The van der Waals surface area contributed by atoms with Crippen LogP contribution in [0.2, 0.25) is 0 Å². The van der Waals surface area contributed by atoms with Crippen LogP contribution < -0.4 is 15.2 Å². The first kappa shape index (κ1) is 10.6. The molecule has 6 nitrogen and oxygen atoms in total. The van der Waals surface area contributed by atoms with Gasteiger partial charge in [-0.15, -0.1) is 0 Å². The van der Waals surface area contributed by atoms with E-state index in [-0.39, 0.29) is 12.7 Å². The largest absolute Gasteiger partial charge is 0.454 e. The van der Waals surface area contributed by atoms with Gasteiger partial charge in [-0.05, 0) is 25.1 Å². The average Bonchev–Trinajstić information content (AvgIpc) is 2.93. The van der Waals surface area contributed by atoms with Gasteiger partial charge in [0.1, 0.15) is 5.82 Å². The maximum absolute atomic E-state index is 12.2. The minimum atomic E-state index is -0.293. The molecule has 0 aliphatic carbocycles. The Morgan fingerprint density at radius 1 is 1.33 bits per heavy atom. The molecule has 1 aliphatic rings. The van der Waals surface area contributed by atoms with E-state index in [0.29, 0.717) is 28.6 Å². The molecule has 0 atom stereocenters. The van der Waals surface area contributed by atoms with Crippen molar-refractivity contribution in [2.24, 2.45) is 0 Å². The van der Waals surface area contributed by atoms with E-state index in [2.05, 4.69) is 5.10 Å². The lowest BCUT2D eigenvalue weighted by Crippen LogP contribution is -2.16. The molecule has 1 aromatic heterocycles. The van der Waals surface area contributed by atoms with E-state index >= 15 is 0 Å². The van der Waals surface area contributed by atoms with Crippen molar-refractivity contribution < 1.29 is 14.3 Å². The number of carbonyl (C=O) groups excluding carboxylic acids is 1. The van der Waals surface area contributed by atoms with Crippen LogP contribution in [0, 0.1) is 6.92 Å². The smallest absolute Gasteiger partial charge is 0.280 e. The third-order valence-electron chi connectivity index (χ3n) is 2.67. The quantitative estimate of drug-likeness (QED) is 0.816. The second-order valence-electron chi connectivity index (χ2n) is 4.00. The summed E-state index contributed by atoms with van der Waals surface area (Å²) in [5.74, 6) is 1.22. The van der Waals surface area contributed by atoms with E-state index < -0.39 is 0 Å². The molecule has 0 bridgehead atoms. The molecule has 92 valence electrons. The molecule has 6 heteroatoms. The van der Waals surface area contributed by atoms with E-state index in [4.69, 9.17) is 15.2 Å². The summed E-state index contributed by atoms with van der Waals surface area (Å²) in [6.07, 6.45) is 0. The predicted molar refractivity (Wildman–Crippen MR) is 63.7 cm³/mol. The maximum Gasteiger partial charge on any atom is 0.280 e. The van der Waals surface area contributed by atoms with Gasteiger partial charge in [-0.3, -0.25) is 4.79 Å². The Balaban J connectivity index is 2.00. The highest BCUT2D eigenvalue weighted by atomic mass is 16.7. The third kappa shape index (κ3) is 1.58. The van der Waals surface area contributed by atoms with Gasteiger partial charge in [0.2, 0.25) is 6.79 Å². The topological polar surface area (TPSA) is 79.4 Å². The first-order valence-electron chi connectivity index (χ1n) is 5.41. The van der Waals surface area contributed by atoms with Crippen LogP contribution in [0.1, 0.15) is 16.1 Å². The maximum atomic E-state index is 12.2. The summed E-state index contributed by atoms with van der Waals surface area (Å²) in [6.45, 7) is 1.95. The Hall–Kier alpha value is -2.50. The number of anilines is 1. The van der Waals surface area contributed by atoms with Crippen molar-refractivity contribution in [1.29, 1.82) is 0 Å². The van der Waals surface area contributed by atoms with E-state index in [1.165, 1.54) is 4.68 Å². The second kappa shape index (κ2) is 3.76. The SMILES string of the molecule is Cc1cc(N)n(C(=O)c2ccc3c(c2)OCO3)n1. The van der Waals surface area contributed by atoms with Gasteiger partial charge < -0.3 is 15.2 Å². The predicted octanol–water partition coefficient (Wildman–Crippen LogP) is 1.19. The molecule has 0 unspecified atom stereocenters. The van der Waals surface area contributed by atoms with E-state index in [1.54, 1.807) is 31.2 Å². The molecule has 0 radical (unpaired) electrons. The molecular formula is C12H11N3O3. The Labute approximate surface area is 103 Å². The van der Waals surface area contributed by atoms with Crippen LogP contribution in [-0.4, -0.2) is 22.5 Å². The zero-order chi connectivity index (χ0) is 12.7. The standard InChI is InChI=1S/C12H11N3O3/c1-7-4-11(13)15(14-7)12(16)8-2-3-9-10(5-8)18-6-17-9/h2-5H,6,13H2,1H3. The summed E-state index contributed by atoms with van der Waals surface area (Å²) < 4.78 is 11.6. The lowest BCUT2D eigenvalue weighted by Gasteiger charge is -2.03. The number of ether oxygens (including phenoxy) is 2. The van der Waals surface area contributed by atoms with Gasteiger partial charge in [0, 0.05) is 11.6 Å². The highest BCUT2D eigenvalue weighted by Crippen LogP contribution is 2.32. The normalized spacial score (nSPS) is 12.7. The van der Waals surface area contributed by atoms with Crippen LogP contribution in [0.15, 0.2) is 24.3 Å². The molecule has 3 rings (SSSR count). The fraction of sp³-hybridized carbons (Fsp3) is 0.167. The Morgan fingerprint density at radius 3 is 2.83 bits per heavy atom. The Morgan fingerprint density at radius 2 is 2.11 bits per heavy atom. The molecule has 0 fully saturated rings. The highest BCUT2D eigenvalue weighted by Gasteiger charge is 2.18. The fourth-order valence-electron chi connectivity index (χ4n) is 1.83. The van der Waals surface area contributed by atoms with E-state index in [1.807, 2.05) is 0 Å². The zero-order valence-electron chi connectivity index (χ0n) is 9.71. The summed E-state index contributed by atoms with van der Waals surface area (Å²) in [5.41, 5.74) is 6.86. The van der Waals surface area contributed by atoms with Crippen molar-refractivity contribution in [1.82, 2.24) is 9.78 Å². The number of hydrogen-bond donors (Lipinski definition) is 1. The van der Waals surface area contributed by atoms with Gasteiger partial charge in [-0.25, -0.2) is 0 Å². The van der Waals surface area contributed by atoms with Gasteiger partial charge in [-0.1, -0.05) is 0 Å². The molecule has 2 heterocycles. The molecule has 2 aromatic rings. The number of rotatable bonds is 1. The van der Waals surface area contributed by atoms with Gasteiger partial charge >= 0.3 is 0 Å². The van der Waals surface area contributed by atoms with Crippen molar-refractivity contribution >= 4 is 11.7 Å². The first-order chi connectivity index (χ1) is 8.65. The van der Waals surface area contributed by atoms with Crippen LogP contribution in [0.4, 0.5) is 5.82 Å². The minimum absolute atomic E-state index is 0.177. The molecule has 0 amide bonds. The number of aromatic nitrogens is 2. The Kier molecular flexibility index (Phi) is 2.22.